The van der Waals surface area contributed by atoms with Gasteiger partial charge in [-0.05, 0) is 51.7 Å². The summed E-state index contributed by atoms with van der Waals surface area (Å²) in [4.78, 5) is 11.4. The maximum atomic E-state index is 5.81. The van der Waals surface area contributed by atoms with Crippen LogP contribution >= 0.6 is 35.6 Å². The summed E-state index contributed by atoms with van der Waals surface area (Å²) in [7, 11) is 0. The van der Waals surface area contributed by atoms with Gasteiger partial charge in [-0.1, -0.05) is 17.7 Å². The van der Waals surface area contributed by atoms with Gasteiger partial charge in [0.1, 0.15) is 5.15 Å². The summed E-state index contributed by atoms with van der Waals surface area (Å²) in [6.07, 6.45) is 5.41. The van der Waals surface area contributed by atoms with Crippen molar-refractivity contribution in [2.45, 2.75) is 52.1 Å². The second kappa shape index (κ2) is 11.9. The Morgan fingerprint density at radius 3 is 2.68 bits per heavy atom. The first-order valence-electron chi connectivity index (χ1n) is 8.98. The van der Waals surface area contributed by atoms with Crippen LogP contribution in [0, 0.1) is 0 Å². The molecule has 2 rings (SSSR count). The van der Waals surface area contributed by atoms with E-state index in [2.05, 4.69) is 41.3 Å². The molecule has 5 nitrogen and oxygen atoms in total. The first-order valence-corrected chi connectivity index (χ1v) is 9.36. The Labute approximate surface area is 174 Å². The van der Waals surface area contributed by atoms with E-state index in [0.717, 1.165) is 44.6 Å². The van der Waals surface area contributed by atoms with Gasteiger partial charge in [0, 0.05) is 37.9 Å². The monoisotopic (exact) mass is 479 g/mol. The number of nitrogens with zero attached hydrogens (tertiary/aromatic N) is 3. The highest BCUT2D eigenvalue weighted by Crippen LogP contribution is 2.28. The largest absolute Gasteiger partial charge is 0.357 e. The van der Waals surface area contributed by atoms with Gasteiger partial charge >= 0.3 is 0 Å². The van der Waals surface area contributed by atoms with Gasteiger partial charge in [0.2, 0.25) is 0 Å². The zero-order chi connectivity index (χ0) is 17.4. The summed E-state index contributed by atoms with van der Waals surface area (Å²) in [5.41, 5.74) is 1.17. The van der Waals surface area contributed by atoms with Crippen molar-refractivity contribution in [1.82, 2.24) is 20.5 Å². The lowest BCUT2D eigenvalue weighted by Crippen LogP contribution is -2.40. The fraction of sp³-hybridized carbons (Fsp3) is 0.667. The van der Waals surface area contributed by atoms with Gasteiger partial charge < -0.3 is 10.6 Å². The molecule has 0 atom stereocenters. The van der Waals surface area contributed by atoms with E-state index < -0.39 is 0 Å². The average Bonchev–Trinajstić information content (AvgIpc) is 3.37. The molecule has 142 valence electrons. The van der Waals surface area contributed by atoms with Crippen LogP contribution in [0.25, 0.3) is 0 Å². The van der Waals surface area contributed by atoms with E-state index in [-0.39, 0.29) is 24.0 Å². The van der Waals surface area contributed by atoms with Gasteiger partial charge in [-0.3, -0.25) is 9.89 Å². The summed E-state index contributed by atoms with van der Waals surface area (Å²) in [6.45, 7) is 10.2. The minimum absolute atomic E-state index is 0. The fourth-order valence-electron chi connectivity index (χ4n) is 2.77. The summed E-state index contributed by atoms with van der Waals surface area (Å²) < 4.78 is 0. The molecule has 1 saturated carbocycles. The molecule has 0 bridgehead atoms. The standard InChI is InChI=1S/C18H30ClN5.HI/c1-4-20-18(21-10-9-15-5-8-17(19)23-13-15)22-11-12-24(14(2)3)16-6-7-16;/h5,8,13-14,16H,4,6-7,9-12H2,1-3H3,(H2,20,21,22);1H. The molecule has 0 unspecified atom stereocenters. The van der Waals surface area contributed by atoms with E-state index >= 15 is 0 Å². The van der Waals surface area contributed by atoms with Gasteiger partial charge in [-0.25, -0.2) is 4.98 Å². The Morgan fingerprint density at radius 2 is 2.12 bits per heavy atom. The Hall–Kier alpha value is -0.600. The van der Waals surface area contributed by atoms with E-state index in [4.69, 9.17) is 16.6 Å². The van der Waals surface area contributed by atoms with Crippen LogP contribution in [-0.2, 0) is 6.42 Å². The number of hydrogen-bond acceptors (Lipinski definition) is 3. The van der Waals surface area contributed by atoms with Crippen LogP contribution in [0.5, 0.6) is 0 Å². The molecule has 0 amide bonds. The van der Waals surface area contributed by atoms with Gasteiger partial charge in [-0.2, -0.15) is 0 Å². The second-order valence-corrected chi connectivity index (χ2v) is 6.88. The highest BCUT2D eigenvalue weighted by Gasteiger charge is 2.29. The van der Waals surface area contributed by atoms with E-state index in [1.54, 1.807) is 0 Å². The molecule has 0 saturated heterocycles. The minimum Gasteiger partial charge on any atom is -0.357 e. The number of aliphatic imine (C=N–C) groups is 1. The molecule has 2 N–H and O–H groups in total. The topological polar surface area (TPSA) is 52.6 Å². The molecule has 1 aliphatic carbocycles. The second-order valence-electron chi connectivity index (χ2n) is 6.49. The highest BCUT2D eigenvalue weighted by molar-refractivity contribution is 14.0. The van der Waals surface area contributed by atoms with Gasteiger partial charge in [0.15, 0.2) is 5.96 Å². The van der Waals surface area contributed by atoms with Crippen molar-refractivity contribution in [1.29, 1.82) is 0 Å². The average molecular weight is 480 g/mol. The molecule has 1 aromatic heterocycles. The van der Waals surface area contributed by atoms with Crippen LogP contribution in [0.2, 0.25) is 5.15 Å². The number of aromatic nitrogens is 1. The predicted molar refractivity (Wildman–Crippen MR) is 117 cm³/mol. The van der Waals surface area contributed by atoms with Gasteiger partial charge in [0.25, 0.3) is 0 Å². The lowest BCUT2D eigenvalue weighted by molar-refractivity contribution is 0.218. The molecule has 7 heteroatoms. The molecular formula is C18H31ClIN5. The number of hydrogen-bond donors (Lipinski definition) is 2. The van der Waals surface area contributed by atoms with Crippen LogP contribution < -0.4 is 10.6 Å². The molecule has 0 spiro atoms. The van der Waals surface area contributed by atoms with Crippen molar-refractivity contribution in [2.75, 3.05) is 26.2 Å². The zero-order valence-electron chi connectivity index (χ0n) is 15.5. The third-order valence-electron chi connectivity index (χ3n) is 4.15. The van der Waals surface area contributed by atoms with Crippen molar-refractivity contribution >= 4 is 41.5 Å². The Balaban J connectivity index is 0.00000312. The van der Waals surface area contributed by atoms with E-state index in [9.17, 15) is 0 Å². The molecule has 1 fully saturated rings. The van der Waals surface area contributed by atoms with Crippen molar-refractivity contribution in [3.8, 4) is 0 Å². The van der Waals surface area contributed by atoms with E-state index in [1.807, 2.05) is 18.3 Å². The lowest BCUT2D eigenvalue weighted by atomic mass is 10.2. The number of guanidine groups is 1. The van der Waals surface area contributed by atoms with Gasteiger partial charge in [0.05, 0.1) is 6.54 Å². The summed E-state index contributed by atoms with van der Waals surface area (Å²) in [6, 6.07) is 5.22. The molecule has 1 heterocycles. The first kappa shape index (κ1) is 22.4. The van der Waals surface area contributed by atoms with Crippen LogP contribution in [0.3, 0.4) is 0 Å². The van der Waals surface area contributed by atoms with Crippen molar-refractivity contribution in [3.63, 3.8) is 0 Å². The molecular weight excluding hydrogens is 449 g/mol. The number of pyridine rings is 1. The quantitative estimate of drug-likeness (QED) is 0.247. The Kier molecular flexibility index (Phi) is 10.7. The van der Waals surface area contributed by atoms with Crippen LogP contribution in [0.15, 0.2) is 23.3 Å². The SMILES string of the molecule is CCNC(=NCCN(C(C)C)C1CC1)NCCc1ccc(Cl)nc1.I. The first-order chi connectivity index (χ1) is 11.6. The smallest absolute Gasteiger partial charge is 0.191 e. The minimum atomic E-state index is 0. The third-order valence-corrected chi connectivity index (χ3v) is 4.37. The maximum absolute atomic E-state index is 5.81. The molecule has 1 aliphatic rings. The third kappa shape index (κ3) is 8.55. The Bertz CT molecular complexity index is 515. The van der Waals surface area contributed by atoms with Crippen molar-refractivity contribution < 1.29 is 0 Å². The summed E-state index contributed by atoms with van der Waals surface area (Å²) >= 11 is 5.81. The normalized spacial score (nSPS) is 14.6. The van der Waals surface area contributed by atoms with E-state index in [0.29, 0.717) is 11.2 Å². The zero-order valence-corrected chi connectivity index (χ0v) is 18.6. The maximum Gasteiger partial charge on any atom is 0.191 e. The number of nitrogens with one attached hydrogen (secondary N) is 2. The predicted octanol–water partition coefficient (Wildman–Crippen LogP) is 3.32. The van der Waals surface area contributed by atoms with Crippen molar-refractivity contribution in [2.24, 2.45) is 4.99 Å². The fourth-order valence-corrected chi connectivity index (χ4v) is 2.88. The van der Waals surface area contributed by atoms with Crippen LogP contribution in [-0.4, -0.2) is 54.1 Å². The van der Waals surface area contributed by atoms with E-state index in [1.165, 1.54) is 18.4 Å². The lowest BCUT2D eigenvalue weighted by Gasteiger charge is -2.25. The molecule has 0 radical (unpaired) electrons. The van der Waals surface area contributed by atoms with Gasteiger partial charge in [-0.15, -0.1) is 24.0 Å². The molecule has 25 heavy (non-hydrogen) atoms. The molecule has 1 aromatic rings. The van der Waals surface area contributed by atoms with Crippen molar-refractivity contribution in [3.05, 3.63) is 29.0 Å². The van der Waals surface area contributed by atoms with Crippen LogP contribution in [0.1, 0.15) is 39.2 Å². The number of rotatable bonds is 9. The molecule has 0 aromatic carbocycles. The summed E-state index contributed by atoms with van der Waals surface area (Å²) in [5.74, 6) is 0.888. The Morgan fingerprint density at radius 1 is 1.36 bits per heavy atom. The highest BCUT2D eigenvalue weighted by atomic mass is 127. The summed E-state index contributed by atoms with van der Waals surface area (Å²) in [5, 5.41) is 7.23. The number of halogens is 2. The molecule has 0 aliphatic heterocycles. The van der Waals surface area contributed by atoms with Crippen LogP contribution in [0.4, 0.5) is 0 Å².